The van der Waals surface area contributed by atoms with E-state index in [1.165, 1.54) is 52.6 Å². The molecule has 1 aromatic heterocycles. The molecule has 8 nitrogen and oxygen atoms in total. The molecule has 0 aliphatic carbocycles. The molecule has 236 valence electrons. The van der Waals surface area contributed by atoms with Crippen LogP contribution in [0.2, 0.25) is 0 Å². The van der Waals surface area contributed by atoms with Crippen molar-refractivity contribution in [2.24, 2.45) is 4.99 Å². The van der Waals surface area contributed by atoms with Gasteiger partial charge in [-0.05, 0) is 75.1 Å². The Morgan fingerprint density at radius 2 is 1.71 bits per heavy atom. The highest BCUT2D eigenvalue weighted by Crippen LogP contribution is 2.32. The molecule has 1 N–H and O–H groups in total. The third-order valence-electron chi connectivity index (χ3n) is 7.19. The average Bonchev–Trinajstić information content (AvgIpc) is 3.47. The van der Waals surface area contributed by atoms with Gasteiger partial charge in [-0.25, -0.2) is 18.9 Å². The normalized spacial score (nSPS) is 16.0. The van der Waals surface area contributed by atoms with Crippen molar-refractivity contribution in [3.63, 3.8) is 0 Å². The molecule has 45 heavy (non-hydrogen) atoms. The second kappa shape index (κ2) is 13.3. The minimum absolute atomic E-state index is 0.344. The number of benzene rings is 3. The van der Waals surface area contributed by atoms with Crippen LogP contribution in [0.1, 0.15) is 41.8 Å². The van der Waals surface area contributed by atoms with E-state index < -0.39 is 24.6 Å². The standard InChI is InChI=1S/C32H32F4N6O2S/c1-19-16-20(2)28(21(3)17-19)41-14-5-15-45-31(41)39-30(43)38-22(4)27(33)23-6-8-24(9-7-23)29-37-18-42(40-29)25-10-12-26(13-11-25)44-32(34,35)36/h6-13,16-18,22,27H,5,14-15H2,1-4H3,(H,38,43). The van der Waals surface area contributed by atoms with Gasteiger partial charge in [0.25, 0.3) is 0 Å². The molecule has 13 heteroatoms. The van der Waals surface area contributed by atoms with Gasteiger partial charge < -0.3 is 15.0 Å². The fourth-order valence-corrected chi connectivity index (χ4v) is 6.21. The Morgan fingerprint density at radius 3 is 2.36 bits per heavy atom. The number of aliphatic imine (C=N–C) groups is 1. The number of hydrogen-bond donors (Lipinski definition) is 1. The van der Waals surface area contributed by atoms with E-state index in [0.717, 1.165) is 35.5 Å². The first-order valence-electron chi connectivity index (χ1n) is 14.3. The van der Waals surface area contributed by atoms with Gasteiger partial charge in [0.2, 0.25) is 0 Å². The maximum absolute atomic E-state index is 15.5. The monoisotopic (exact) mass is 640 g/mol. The number of thioether (sulfide) groups is 1. The van der Waals surface area contributed by atoms with Crippen LogP contribution >= 0.6 is 11.8 Å². The van der Waals surface area contributed by atoms with Crippen molar-refractivity contribution in [1.82, 2.24) is 20.1 Å². The van der Waals surface area contributed by atoms with Crippen molar-refractivity contribution in [3.8, 4) is 22.8 Å². The van der Waals surface area contributed by atoms with Crippen molar-refractivity contribution in [2.45, 2.75) is 52.7 Å². The molecule has 1 aliphatic rings. The number of anilines is 1. The molecule has 3 aromatic carbocycles. The summed E-state index contributed by atoms with van der Waals surface area (Å²) in [4.78, 5) is 23.6. The van der Waals surface area contributed by atoms with E-state index in [1.54, 1.807) is 31.2 Å². The largest absolute Gasteiger partial charge is 0.573 e. The molecule has 2 atom stereocenters. The van der Waals surface area contributed by atoms with Crippen LogP contribution in [0.15, 0.2) is 72.0 Å². The second-order valence-electron chi connectivity index (χ2n) is 10.8. The van der Waals surface area contributed by atoms with E-state index in [-0.39, 0.29) is 5.75 Å². The fraction of sp³-hybridized carbons (Fsp3) is 0.312. The number of nitrogens with zero attached hydrogens (tertiary/aromatic N) is 5. The summed E-state index contributed by atoms with van der Waals surface area (Å²) < 4.78 is 58.0. The molecular formula is C32H32F4N6O2S. The summed E-state index contributed by atoms with van der Waals surface area (Å²) in [5, 5.41) is 7.65. The Morgan fingerprint density at radius 1 is 1.04 bits per heavy atom. The summed E-state index contributed by atoms with van der Waals surface area (Å²) in [5.74, 6) is 0.845. The molecule has 0 radical (unpaired) electrons. The third kappa shape index (κ3) is 7.83. The molecule has 1 fully saturated rings. The van der Waals surface area contributed by atoms with Gasteiger partial charge in [0.05, 0.1) is 11.7 Å². The summed E-state index contributed by atoms with van der Waals surface area (Å²) in [7, 11) is 0. The maximum Gasteiger partial charge on any atom is 0.573 e. The summed E-state index contributed by atoms with van der Waals surface area (Å²) in [5.41, 5.74) is 5.89. The van der Waals surface area contributed by atoms with E-state index in [0.29, 0.717) is 27.8 Å². The zero-order valence-corrected chi connectivity index (χ0v) is 25.9. The Labute approximate surface area is 262 Å². The van der Waals surface area contributed by atoms with Gasteiger partial charge in [0.15, 0.2) is 11.0 Å². The number of nitrogens with one attached hydrogen (secondary N) is 1. The lowest BCUT2D eigenvalue weighted by Gasteiger charge is -2.32. The maximum atomic E-state index is 15.5. The molecule has 0 spiro atoms. The summed E-state index contributed by atoms with van der Waals surface area (Å²) >= 11 is 1.51. The highest BCUT2D eigenvalue weighted by molar-refractivity contribution is 8.14. The zero-order valence-electron chi connectivity index (χ0n) is 25.1. The Bertz CT molecular complexity index is 1670. The van der Waals surface area contributed by atoms with Crippen molar-refractivity contribution in [1.29, 1.82) is 0 Å². The number of rotatable bonds is 7. The summed E-state index contributed by atoms with van der Waals surface area (Å²) in [6, 6.07) is 14.5. The Balaban J connectivity index is 1.23. The lowest BCUT2D eigenvalue weighted by atomic mass is 10.0. The lowest BCUT2D eigenvalue weighted by molar-refractivity contribution is -0.274. The molecule has 2 amide bonds. The lowest BCUT2D eigenvalue weighted by Crippen LogP contribution is -2.39. The highest BCUT2D eigenvalue weighted by atomic mass is 32.2. The molecule has 1 aliphatic heterocycles. The Hall–Kier alpha value is -4.39. The summed E-state index contributed by atoms with van der Waals surface area (Å²) in [6.07, 6.45) is -3.89. The number of amidine groups is 1. The molecule has 2 heterocycles. The molecule has 1 saturated heterocycles. The SMILES string of the molecule is Cc1cc(C)c(N2CCCSC2=NC(=O)NC(C)C(F)c2ccc(-c3ncn(-c4ccc(OC(F)(F)F)cc4)n3)cc2)c(C)c1. The van der Waals surface area contributed by atoms with Gasteiger partial charge in [-0.2, -0.15) is 4.99 Å². The van der Waals surface area contributed by atoms with Crippen molar-refractivity contribution >= 4 is 28.6 Å². The number of ether oxygens (including phenoxy) is 1. The van der Waals surface area contributed by atoms with Crippen LogP contribution in [0.25, 0.3) is 17.1 Å². The quantitative estimate of drug-likeness (QED) is 0.207. The number of aryl methyl sites for hydroxylation is 3. The van der Waals surface area contributed by atoms with Crippen LogP contribution in [-0.4, -0.2) is 50.7 Å². The molecule has 5 rings (SSSR count). The van der Waals surface area contributed by atoms with Gasteiger partial charge in [0, 0.05) is 23.5 Å². The van der Waals surface area contributed by atoms with E-state index in [4.69, 9.17) is 0 Å². The van der Waals surface area contributed by atoms with Gasteiger partial charge in [-0.15, -0.1) is 18.3 Å². The molecule has 0 bridgehead atoms. The minimum Gasteiger partial charge on any atom is -0.406 e. The molecule has 4 aromatic rings. The topological polar surface area (TPSA) is 84.6 Å². The number of urea groups is 1. The number of hydrogen-bond acceptors (Lipinski definition) is 5. The molecular weight excluding hydrogens is 608 g/mol. The van der Waals surface area contributed by atoms with E-state index in [2.05, 4.69) is 49.1 Å². The summed E-state index contributed by atoms with van der Waals surface area (Å²) in [6.45, 7) is 8.48. The predicted molar refractivity (Wildman–Crippen MR) is 168 cm³/mol. The number of halogens is 4. The zero-order chi connectivity index (χ0) is 32.3. The first kappa shape index (κ1) is 32.0. The number of aromatic nitrogens is 3. The third-order valence-corrected chi connectivity index (χ3v) is 8.26. The fourth-order valence-electron chi connectivity index (χ4n) is 5.27. The van der Waals surface area contributed by atoms with Crippen molar-refractivity contribution < 1.29 is 27.1 Å². The highest BCUT2D eigenvalue weighted by Gasteiger charge is 2.31. The number of carbonyl (C=O) groups is 1. The second-order valence-corrected chi connectivity index (χ2v) is 11.9. The van der Waals surface area contributed by atoms with Gasteiger partial charge in [-0.3, -0.25) is 0 Å². The minimum atomic E-state index is -4.78. The van der Waals surface area contributed by atoms with Crippen LogP contribution in [-0.2, 0) is 0 Å². The first-order chi connectivity index (χ1) is 21.4. The predicted octanol–water partition coefficient (Wildman–Crippen LogP) is 7.87. The van der Waals surface area contributed by atoms with Crippen LogP contribution in [0, 0.1) is 20.8 Å². The Kier molecular flexibility index (Phi) is 9.47. The van der Waals surface area contributed by atoms with Gasteiger partial charge in [0.1, 0.15) is 18.2 Å². The van der Waals surface area contributed by atoms with Crippen LogP contribution in [0.5, 0.6) is 5.75 Å². The number of carbonyl (C=O) groups excluding carboxylic acids is 1. The van der Waals surface area contributed by atoms with Crippen LogP contribution in [0.4, 0.5) is 28.0 Å². The van der Waals surface area contributed by atoms with Gasteiger partial charge in [-0.1, -0.05) is 53.7 Å². The van der Waals surface area contributed by atoms with Crippen molar-refractivity contribution in [2.75, 3.05) is 17.2 Å². The van der Waals surface area contributed by atoms with E-state index >= 15 is 4.39 Å². The van der Waals surface area contributed by atoms with E-state index in [9.17, 15) is 18.0 Å². The molecule has 2 unspecified atom stereocenters. The van der Waals surface area contributed by atoms with Crippen LogP contribution < -0.4 is 15.0 Å². The average molecular weight is 641 g/mol. The number of alkyl halides is 4. The van der Waals surface area contributed by atoms with Crippen LogP contribution in [0.3, 0.4) is 0 Å². The van der Waals surface area contributed by atoms with E-state index in [1.807, 2.05) is 13.8 Å². The first-order valence-corrected chi connectivity index (χ1v) is 15.3. The van der Waals surface area contributed by atoms with Crippen molar-refractivity contribution in [3.05, 3.63) is 89.2 Å². The smallest absolute Gasteiger partial charge is 0.406 e. The number of amides is 2. The van der Waals surface area contributed by atoms with Gasteiger partial charge >= 0.3 is 12.4 Å². The molecule has 0 saturated carbocycles.